The van der Waals surface area contributed by atoms with E-state index in [4.69, 9.17) is 11.6 Å². The molecular weight excluding hydrogens is 260 g/mol. The van der Waals surface area contributed by atoms with Crippen molar-refractivity contribution in [3.63, 3.8) is 0 Å². The maximum atomic E-state index is 12.3. The zero-order valence-electron chi connectivity index (χ0n) is 9.38. The van der Waals surface area contributed by atoms with Gasteiger partial charge in [0.05, 0.1) is 4.90 Å². The first-order valence-electron chi connectivity index (χ1n) is 4.94. The molecule has 6 heteroatoms. The fraction of sp³-hybridized carbons (Fsp3) is 0.182. The maximum Gasteiger partial charge on any atom is 0.269 e. The molecule has 0 saturated heterocycles. The summed E-state index contributed by atoms with van der Waals surface area (Å²) in [5.74, 6) is 0.430. The molecule has 1 heterocycles. The number of halogens is 1. The Bertz CT molecular complexity index is 662. The third-order valence-corrected chi connectivity index (χ3v) is 4.61. The first-order chi connectivity index (χ1) is 7.93. The lowest BCUT2D eigenvalue weighted by molar-refractivity contribution is 0.585. The minimum Gasteiger partial charge on any atom is -0.241 e. The molecule has 2 rings (SSSR count). The lowest BCUT2D eigenvalue weighted by Crippen LogP contribution is -2.14. The monoisotopic (exact) mass is 270 g/mol. The molecule has 0 aliphatic heterocycles. The Labute approximate surface area is 105 Å². The maximum absolute atomic E-state index is 12.3. The molecule has 4 nitrogen and oxygen atoms in total. The van der Waals surface area contributed by atoms with Gasteiger partial charge >= 0.3 is 0 Å². The van der Waals surface area contributed by atoms with Crippen LogP contribution in [0.25, 0.3) is 0 Å². The van der Waals surface area contributed by atoms with Crippen molar-refractivity contribution >= 4 is 21.6 Å². The van der Waals surface area contributed by atoms with Gasteiger partial charge in [0.2, 0.25) is 0 Å². The fourth-order valence-electron chi connectivity index (χ4n) is 1.63. The fourth-order valence-corrected chi connectivity index (χ4v) is 3.38. The third kappa shape index (κ3) is 2.08. The number of aromatic nitrogens is 2. The Morgan fingerprint density at radius 3 is 2.53 bits per heavy atom. The van der Waals surface area contributed by atoms with Gasteiger partial charge in [0.25, 0.3) is 10.0 Å². The standard InChI is InChI=1S/C11H11ClN2O2S/c1-8-7-10(12)3-4-11(8)17(15,16)14-6-5-13-9(14)2/h3-7H,1-2H3. The average molecular weight is 271 g/mol. The van der Waals surface area contributed by atoms with E-state index in [1.165, 1.54) is 18.5 Å². The second-order valence-electron chi connectivity index (χ2n) is 3.69. The SMILES string of the molecule is Cc1cc(Cl)ccc1S(=O)(=O)n1ccnc1C. The van der Waals surface area contributed by atoms with Gasteiger partial charge in [-0.15, -0.1) is 0 Å². The molecule has 0 unspecified atom stereocenters. The molecule has 2 aromatic rings. The van der Waals surface area contributed by atoms with Crippen molar-refractivity contribution in [3.8, 4) is 0 Å². The molecule has 0 amide bonds. The lowest BCUT2D eigenvalue weighted by atomic mass is 10.2. The third-order valence-electron chi connectivity index (χ3n) is 2.46. The summed E-state index contributed by atoms with van der Waals surface area (Å²) in [4.78, 5) is 4.15. The summed E-state index contributed by atoms with van der Waals surface area (Å²) >= 11 is 5.81. The van der Waals surface area contributed by atoms with E-state index in [0.29, 0.717) is 16.4 Å². The Morgan fingerprint density at radius 1 is 1.29 bits per heavy atom. The molecule has 17 heavy (non-hydrogen) atoms. The Hall–Kier alpha value is -1.33. The molecule has 0 radical (unpaired) electrons. The van der Waals surface area contributed by atoms with E-state index in [-0.39, 0.29) is 4.90 Å². The van der Waals surface area contributed by atoms with Crippen LogP contribution in [-0.2, 0) is 10.0 Å². The summed E-state index contributed by atoms with van der Waals surface area (Å²) in [5.41, 5.74) is 0.616. The van der Waals surface area contributed by atoms with Crippen LogP contribution < -0.4 is 0 Å². The zero-order valence-corrected chi connectivity index (χ0v) is 11.0. The first-order valence-corrected chi connectivity index (χ1v) is 6.76. The number of benzene rings is 1. The molecule has 0 spiro atoms. The quantitative estimate of drug-likeness (QED) is 0.842. The van der Waals surface area contributed by atoms with Crippen molar-refractivity contribution in [2.24, 2.45) is 0 Å². The van der Waals surface area contributed by atoms with Gasteiger partial charge < -0.3 is 0 Å². The topological polar surface area (TPSA) is 52.0 Å². The van der Waals surface area contributed by atoms with E-state index in [2.05, 4.69) is 4.98 Å². The second-order valence-corrected chi connectivity index (χ2v) is 5.90. The van der Waals surface area contributed by atoms with Crippen LogP contribution in [0.5, 0.6) is 0 Å². The highest BCUT2D eigenvalue weighted by Crippen LogP contribution is 2.22. The predicted molar refractivity (Wildman–Crippen MR) is 65.7 cm³/mol. The van der Waals surface area contributed by atoms with E-state index in [0.717, 1.165) is 3.97 Å². The summed E-state index contributed by atoms with van der Waals surface area (Å²) in [6.07, 6.45) is 2.89. The second kappa shape index (κ2) is 4.16. The molecule has 0 aliphatic rings. The lowest BCUT2D eigenvalue weighted by Gasteiger charge is -2.09. The highest BCUT2D eigenvalue weighted by atomic mass is 35.5. The van der Waals surface area contributed by atoms with E-state index in [1.54, 1.807) is 26.0 Å². The zero-order chi connectivity index (χ0) is 12.6. The minimum absolute atomic E-state index is 0.239. The van der Waals surface area contributed by atoms with Crippen molar-refractivity contribution in [2.45, 2.75) is 18.7 Å². The van der Waals surface area contributed by atoms with Crippen LogP contribution in [0.15, 0.2) is 35.5 Å². The van der Waals surface area contributed by atoms with Crippen LogP contribution >= 0.6 is 11.6 Å². The van der Waals surface area contributed by atoms with Gasteiger partial charge in [-0.3, -0.25) is 0 Å². The summed E-state index contributed by atoms with van der Waals surface area (Å²) < 4.78 is 25.8. The normalized spacial score (nSPS) is 11.7. The summed E-state index contributed by atoms with van der Waals surface area (Å²) in [5, 5.41) is 0.517. The van der Waals surface area contributed by atoms with Gasteiger partial charge in [-0.2, -0.15) is 0 Å². The molecular formula is C11H11ClN2O2S. The number of hydrogen-bond acceptors (Lipinski definition) is 3. The van der Waals surface area contributed by atoms with Gasteiger partial charge in [-0.05, 0) is 37.6 Å². The van der Waals surface area contributed by atoms with Crippen LogP contribution in [0.2, 0.25) is 5.02 Å². The number of aryl methyl sites for hydroxylation is 2. The van der Waals surface area contributed by atoms with Crippen LogP contribution in [0.3, 0.4) is 0 Å². The molecule has 1 aromatic carbocycles. The Balaban J connectivity index is 2.65. The number of imidazole rings is 1. The van der Waals surface area contributed by atoms with E-state index >= 15 is 0 Å². The number of nitrogens with zero attached hydrogens (tertiary/aromatic N) is 2. The van der Waals surface area contributed by atoms with Gasteiger partial charge in [-0.1, -0.05) is 11.6 Å². The van der Waals surface area contributed by atoms with Crippen molar-refractivity contribution < 1.29 is 8.42 Å². The van der Waals surface area contributed by atoms with Crippen molar-refractivity contribution in [1.82, 2.24) is 8.96 Å². The van der Waals surface area contributed by atoms with Gasteiger partial charge in [0, 0.05) is 17.4 Å². The number of hydrogen-bond donors (Lipinski definition) is 0. The van der Waals surface area contributed by atoms with E-state index in [1.807, 2.05) is 0 Å². The summed E-state index contributed by atoms with van der Waals surface area (Å²) in [7, 11) is -3.58. The van der Waals surface area contributed by atoms with Crippen LogP contribution in [0.1, 0.15) is 11.4 Å². The van der Waals surface area contributed by atoms with E-state index < -0.39 is 10.0 Å². The summed E-state index contributed by atoms with van der Waals surface area (Å²) in [6, 6.07) is 4.70. The van der Waals surface area contributed by atoms with Crippen LogP contribution in [0.4, 0.5) is 0 Å². The molecule has 0 saturated carbocycles. The van der Waals surface area contributed by atoms with Crippen LogP contribution in [-0.4, -0.2) is 17.4 Å². The number of rotatable bonds is 2. The van der Waals surface area contributed by atoms with Gasteiger partial charge in [0.15, 0.2) is 0 Å². The largest absolute Gasteiger partial charge is 0.269 e. The van der Waals surface area contributed by atoms with Crippen molar-refractivity contribution in [1.29, 1.82) is 0 Å². The smallest absolute Gasteiger partial charge is 0.241 e. The Morgan fingerprint density at radius 2 is 2.00 bits per heavy atom. The van der Waals surface area contributed by atoms with Crippen LogP contribution in [0, 0.1) is 13.8 Å². The molecule has 1 aromatic heterocycles. The highest BCUT2D eigenvalue weighted by molar-refractivity contribution is 7.90. The predicted octanol–water partition coefficient (Wildman–Crippen LogP) is 2.39. The molecule has 0 aliphatic carbocycles. The summed E-state index contributed by atoms with van der Waals surface area (Å²) in [6.45, 7) is 3.35. The van der Waals surface area contributed by atoms with Gasteiger partial charge in [-0.25, -0.2) is 17.4 Å². The Kier molecular flexibility index (Phi) is 2.97. The molecule has 0 fully saturated rings. The first kappa shape index (κ1) is 12.1. The minimum atomic E-state index is -3.58. The van der Waals surface area contributed by atoms with Crippen molar-refractivity contribution in [3.05, 3.63) is 47.0 Å². The highest BCUT2D eigenvalue weighted by Gasteiger charge is 2.20. The average Bonchev–Trinajstić information content (AvgIpc) is 2.64. The van der Waals surface area contributed by atoms with Crippen molar-refractivity contribution in [2.75, 3.05) is 0 Å². The molecule has 90 valence electrons. The molecule has 0 atom stereocenters. The molecule has 0 bridgehead atoms. The van der Waals surface area contributed by atoms with Gasteiger partial charge in [0.1, 0.15) is 5.82 Å². The molecule has 0 N–H and O–H groups in total. The van der Waals surface area contributed by atoms with E-state index in [9.17, 15) is 8.42 Å².